The number of ketones is 1. The van der Waals surface area contributed by atoms with E-state index in [1.807, 2.05) is 6.07 Å². The largest absolute Gasteiger partial charge is 0.475 e. The van der Waals surface area contributed by atoms with Crippen LogP contribution < -0.4 is 5.32 Å². The fraction of sp³-hybridized carbons (Fsp3) is 0.125. The number of hydrogen-bond donors (Lipinski definition) is 2. The summed E-state index contributed by atoms with van der Waals surface area (Å²) in [6, 6.07) is 13.9. The number of nitrogens with one attached hydrogen (secondary N) is 1. The van der Waals surface area contributed by atoms with Crippen molar-refractivity contribution in [3.8, 4) is 0 Å². The van der Waals surface area contributed by atoms with Crippen LogP contribution in [0.25, 0.3) is 6.08 Å². The molecule has 2 N–H and O–H groups in total. The molecular weight excluding hydrogens is 418 g/mol. The Morgan fingerprint density at radius 2 is 1.90 bits per heavy atom. The summed E-state index contributed by atoms with van der Waals surface area (Å²) >= 11 is 6.08. The number of amides is 1. The van der Waals surface area contributed by atoms with Crippen molar-refractivity contribution in [2.24, 2.45) is 0 Å². The predicted molar refractivity (Wildman–Crippen MR) is 117 cm³/mol. The van der Waals surface area contributed by atoms with Crippen molar-refractivity contribution in [1.82, 2.24) is 0 Å². The molecule has 1 aliphatic rings. The summed E-state index contributed by atoms with van der Waals surface area (Å²) in [6.07, 6.45) is 2.64. The second-order valence-corrected chi connectivity index (χ2v) is 7.62. The van der Waals surface area contributed by atoms with Crippen LogP contribution >= 0.6 is 11.6 Å². The van der Waals surface area contributed by atoms with Crippen LogP contribution in [-0.4, -0.2) is 22.8 Å². The summed E-state index contributed by atoms with van der Waals surface area (Å²) < 4.78 is 5.38. The first-order valence-corrected chi connectivity index (χ1v) is 9.99. The van der Waals surface area contributed by atoms with E-state index in [1.165, 1.54) is 0 Å². The van der Waals surface area contributed by atoms with Gasteiger partial charge in [-0.05, 0) is 49.2 Å². The second-order valence-electron chi connectivity index (χ2n) is 7.22. The molecule has 0 aliphatic heterocycles. The van der Waals surface area contributed by atoms with Gasteiger partial charge in [-0.25, -0.2) is 4.79 Å². The molecule has 6 nitrogen and oxygen atoms in total. The zero-order valence-corrected chi connectivity index (χ0v) is 17.3. The van der Waals surface area contributed by atoms with E-state index in [0.717, 1.165) is 5.56 Å². The standard InChI is InChI=1S/C24H18ClNO5/c1-13-20-19(31-22(13)24(29)30)10-9-15(21(20)27)11-14-5-4-6-16(12-14)26-23(28)17-7-2-3-8-18(17)25/h2-8,11-12H,9-10H2,1H3,(H,26,28)(H,29,30)/b15-11+. The summed E-state index contributed by atoms with van der Waals surface area (Å²) in [6.45, 7) is 1.58. The Kier molecular flexibility index (Phi) is 5.48. The molecule has 0 bridgehead atoms. The number of carboxylic acids is 1. The lowest BCUT2D eigenvalue weighted by Gasteiger charge is -2.14. The number of carbonyl (C=O) groups excluding carboxylic acids is 2. The van der Waals surface area contributed by atoms with E-state index in [4.69, 9.17) is 16.0 Å². The molecule has 0 unspecified atom stereocenters. The van der Waals surface area contributed by atoms with Crippen molar-refractivity contribution in [2.45, 2.75) is 19.8 Å². The van der Waals surface area contributed by atoms with E-state index in [-0.39, 0.29) is 17.5 Å². The van der Waals surface area contributed by atoms with Crippen molar-refractivity contribution in [1.29, 1.82) is 0 Å². The van der Waals surface area contributed by atoms with Crippen LogP contribution in [0.4, 0.5) is 5.69 Å². The molecule has 1 aromatic heterocycles. The Labute approximate surface area is 183 Å². The van der Waals surface area contributed by atoms with Gasteiger partial charge in [-0.3, -0.25) is 9.59 Å². The van der Waals surface area contributed by atoms with Gasteiger partial charge >= 0.3 is 5.97 Å². The fourth-order valence-electron chi connectivity index (χ4n) is 3.66. The minimum Gasteiger partial charge on any atom is -0.475 e. The highest BCUT2D eigenvalue weighted by atomic mass is 35.5. The predicted octanol–water partition coefficient (Wildman–Crippen LogP) is 5.40. The fourth-order valence-corrected chi connectivity index (χ4v) is 3.88. The minimum atomic E-state index is -1.19. The number of anilines is 1. The third kappa shape index (κ3) is 4.02. The number of benzene rings is 2. The van der Waals surface area contributed by atoms with E-state index in [9.17, 15) is 19.5 Å². The van der Waals surface area contributed by atoms with Crippen LogP contribution in [0.15, 0.2) is 58.5 Å². The smallest absolute Gasteiger partial charge is 0.372 e. The van der Waals surface area contributed by atoms with Crippen molar-refractivity contribution in [3.63, 3.8) is 0 Å². The van der Waals surface area contributed by atoms with Crippen LogP contribution in [0.1, 0.15) is 54.6 Å². The number of furan rings is 1. The third-order valence-electron chi connectivity index (χ3n) is 5.16. The first-order valence-electron chi connectivity index (χ1n) is 9.62. The monoisotopic (exact) mass is 435 g/mol. The topological polar surface area (TPSA) is 96.6 Å². The number of allylic oxidation sites excluding steroid dienone is 1. The molecule has 1 heterocycles. The summed E-state index contributed by atoms with van der Waals surface area (Å²) in [5.74, 6) is -1.53. The Balaban J connectivity index is 1.59. The van der Waals surface area contributed by atoms with Gasteiger partial charge in [0.1, 0.15) is 5.76 Å². The number of carbonyl (C=O) groups is 3. The van der Waals surface area contributed by atoms with Crippen molar-refractivity contribution in [2.75, 3.05) is 5.32 Å². The normalized spacial score (nSPS) is 14.4. The molecule has 3 aromatic rings. The lowest BCUT2D eigenvalue weighted by molar-refractivity contribution is 0.0658. The zero-order chi connectivity index (χ0) is 22.1. The maximum atomic E-state index is 13.0. The molecule has 0 fully saturated rings. The molecule has 2 aromatic carbocycles. The van der Waals surface area contributed by atoms with Crippen molar-refractivity contribution >= 4 is 41.0 Å². The van der Waals surface area contributed by atoms with E-state index >= 15 is 0 Å². The van der Waals surface area contributed by atoms with Crippen LogP contribution in [0.2, 0.25) is 5.02 Å². The maximum absolute atomic E-state index is 13.0. The molecule has 156 valence electrons. The van der Waals surface area contributed by atoms with E-state index in [0.29, 0.717) is 51.6 Å². The molecule has 31 heavy (non-hydrogen) atoms. The van der Waals surface area contributed by atoms with Crippen LogP contribution in [0.5, 0.6) is 0 Å². The average Bonchev–Trinajstić information content (AvgIpc) is 3.08. The van der Waals surface area contributed by atoms with Gasteiger partial charge in [-0.15, -0.1) is 0 Å². The highest BCUT2D eigenvalue weighted by Gasteiger charge is 2.31. The average molecular weight is 436 g/mol. The van der Waals surface area contributed by atoms with E-state index in [2.05, 4.69) is 5.32 Å². The number of fused-ring (bicyclic) bond motifs is 1. The molecule has 4 rings (SSSR count). The number of halogens is 1. The molecule has 0 radical (unpaired) electrons. The minimum absolute atomic E-state index is 0.191. The van der Waals surface area contributed by atoms with Gasteiger partial charge in [0.15, 0.2) is 5.78 Å². The lowest BCUT2D eigenvalue weighted by atomic mass is 9.88. The molecule has 1 amide bonds. The lowest BCUT2D eigenvalue weighted by Crippen LogP contribution is -2.14. The Bertz CT molecular complexity index is 1250. The van der Waals surface area contributed by atoms with Gasteiger partial charge in [0.2, 0.25) is 5.76 Å². The first kappa shape index (κ1) is 20.6. The molecule has 0 saturated heterocycles. The van der Waals surface area contributed by atoms with Crippen LogP contribution in [0, 0.1) is 6.92 Å². The number of rotatable bonds is 4. The quantitative estimate of drug-likeness (QED) is 0.534. The van der Waals surface area contributed by atoms with Gasteiger partial charge in [0.25, 0.3) is 5.91 Å². The number of aryl methyl sites for hydroxylation is 1. The Morgan fingerprint density at radius 3 is 2.65 bits per heavy atom. The van der Waals surface area contributed by atoms with Crippen LogP contribution in [-0.2, 0) is 6.42 Å². The van der Waals surface area contributed by atoms with E-state index < -0.39 is 5.97 Å². The van der Waals surface area contributed by atoms with Gasteiger partial charge in [0.05, 0.1) is 16.1 Å². The molecular formula is C24H18ClNO5. The van der Waals surface area contributed by atoms with Gasteiger partial charge in [-0.2, -0.15) is 0 Å². The molecule has 0 atom stereocenters. The third-order valence-corrected chi connectivity index (χ3v) is 5.49. The highest BCUT2D eigenvalue weighted by molar-refractivity contribution is 6.34. The number of carboxylic acid groups (broad SMARTS) is 1. The second kappa shape index (κ2) is 8.24. The Morgan fingerprint density at radius 1 is 1.13 bits per heavy atom. The van der Waals surface area contributed by atoms with Crippen molar-refractivity contribution in [3.05, 3.63) is 92.9 Å². The summed E-state index contributed by atoms with van der Waals surface area (Å²) in [5, 5.41) is 12.4. The first-order chi connectivity index (χ1) is 14.8. The SMILES string of the molecule is Cc1c(C(=O)O)oc2c1C(=O)/C(=C/c1cccc(NC(=O)c3ccccc3Cl)c1)CC2. The summed E-state index contributed by atoms with van der Waals surface area (Å²) in [7, 11) is 0. The van der Waals surface area contributed by atoms with E-state index in [1.54, 1.807) is 55.5 Å². The molecule has 0 spiro atoms. The maximum Gasteiger partial charge on any atom is 0.372 e. The highest BCUT2D eigenvalue weighted by Crippen LogP contribution is 2.33. The van der Waals surface area contributed by atoms with Gasteiger partial charge < -0.3 is 14.8 Å². The summed E-state index contributed by atoms with van der Waals surface area (Å²) in [4.78, 5) is 36.8. The zero-order valence-electron chi connectivity index (χ0n) is 16.6. The number of Topliss-reactive ketones (excluding diaryl/α,β-unsaturated/α-hetero) is 1. The van der Waals surface area contributed by atoms with Crippen molar-refractivity contribution < 1.29 is 23.9 Å². The summed E-state index contributed by atoms with van der Waals surface area (Å²) in [5.41, 5.74) is 2.91. The molecule has 0 saturated carbocycles. The molecule has 1 aliphatic carbocycles. The number of hydrogen-bond acceptors (Lipinski definition) is 4. The Hall–Kier alpha value is -3.64. The van der Waals surface area contributed by atoms with Gasteiger partial charge in [-0.1, -0.05) is 35.9 Å². The van der Waals surface area contributed by atoms with Gasteiger partial charge in [0, 0.05) is 23.2 Å². The molecule has 7 heteroatoms. The number of aromatic carboxylic acids is 1. The van der Waals surface area contributed by atoms with Crippen LogP contribution in [0.3, 0.4) is 0 Å².